The Morgan fingerprint density at radius 3 is 2.40 bits per heavy atom. The lowest BCUT2D eigenvalue weighted by Gasteiger charge is -2.12. The number of benzene rings is 2. The van der Waals surface area contributed by atoms with Gasteiger partial charge in [-0.2, -0.15) is 13.2 Å². The number of aryl methyl sites for hydroxylation is 2. The van der Waals surface area contributed by atoms with Crippen molar-refractivity contribution in [1.29, 1.82) is 0 Å². The summed E-state index contributed by atoms with van der Waals surface area (Å²) in [6, 6.07) is 7.28. The minimum absolute atomic E-state index is 0.143. The van der Waals surface area contributed by atoms with Gasteiger partial charge >= 0.3 is 11.9 Å². The molecule has 6 nitrogen and oxygen atoms in total. The average Bonchev–Trinajstić information content (AvgIpc) is 2.65. The van der Waals surface area contributed by atoms with Gasteiger partial charge in [0.1, 0.15) is 5.56 Å². The average molecular weight is 438 g/mol. The van der Waals surface area contributed by atoms with Crippen LogP contribution >= 0.6 is 11.6 Å². The SMILES string of the molecule is Cc1ccc(-n2c(=O)[nH]cc(C(=O)Nc3cc(C(F)(F)F)ccc3Cl)c2=O)cc1C. The van der Waals surface area contributed by atoms with Gasteiger partial charge in [-0.25, -0.2) is 9.36 Å². The molecule has 0 radical (unpaired) electrons. The number of aromatic nitrogens is 2. The summed E-state index contributed by atoms with van der Waals surface area (Å²) in [4.78, 5) is 39.9. The first-order valence-corrected chi connectivity index (χ1v) is 8.97. The van der Waals surface area contributed by atoms with Gasteiger partial charge < -0.3 is 10.3 Å². The van der Waals surface area contributed by atoms with Crippen molar-refractivity contribution in [3.05, 3.63) is 90.7 Å². The number of anilines is 1. The Labute approximate surface area is 172 Å². The molecule has 10 heteroatoms. The summed E-state index contributed by atoms with van der Waals surface area (Å²) < 4.78 is 39.5. The molecule has 2 N–H and O–H groups in total. The van der Waals surface area contributed by atoms with Crippen molar-refractivity contribution >= 4 is 23.2 Å². The number of alkyl halides is 3. The summed E-state index contributed by atoms with van der Waals surface area (Å²) in [6.45, 7) is 3.65. The summed E-state index contributed by atoms with van der Waals surface area (Å²) in [5.41, 5.74) is -1.49. The lowest BCUT2D eigenvalue weighted by Crippen LogP contribution is -2.38. The molecule has 3 rings (SSSR count). The fourth-order valence-electron chi connectivity index (χ4n) is 2.72. The number of nitrogens with zero attached hydrogens (tertiary/aromatic N) is 1. The van der Waals surface area contributed by atoms with Gasteiger partial charge in [0.15, 0.2) is 0 Å². The van der Waals surface area contributed by atoms with Crippen LogP contribution in [0.3, 0.4) is 0 Å². The van der Waals surface area contributed by atoms with E-state index in [1.165, 1.54) is 0 Å². The first-order valence-electron chi connectivity index (χ1n) is 8.59. The quantitative estimate of drug-likeness (QED) is 0.648. The molecule has 0 aliphatic rings. The summed E-state index contributed by atoms with van der Waals surface area (Å²) in [5, 5.41) is 2.05. The molecule has 1 heterocycles. The van der Waals surface area contributed by atoms with Gasteiger partial charge in [-0.1, -0.05) is 17.7 Å². The van der Waals surface area contributed by atoms with Crippen molar-refractivity contribution in [3.63, 3.8) is 0 Å². The van der Waals surface area contributed by atoms with Crippen LogP contribution in [-0.2, 0) is 6.18 Å². The van der Waals surface area contributed by atoms with Crippen molar-refractivity contribution in [2.75, 3.05) is 5.32 Å². The molecule has 0 atom stereocenters. The molecule has 156 valence electrons. The number of carbonyl (C=O) groups is 1. The Bertz CT molecular complexity index is 1260. The number of hydrogen-bond acceptors (Lipinski definition) is 3. The second-order valence-corrected chi connectivity index (χ2v) is 6.97. The fraction of sp³-hybridized carbons (Fsp3) is 0.150. The molecule has 1 amide bonds. The number of hydrogen-bond donors (Lipinski definition) is 2. The molecule has 0 saturated heterocycles. The number of aromatic amines is 1. The van der Waals surface area contributed by atoms with E-state index in [1.54, 1.807) is 25.1 Å². The fourth-order valence-corrected chi connectivity index (χ4v) is 2.89. The number of nitrogens with one attached hydrogen (secondary N) is 2. The van der Waals surface area contributed by atoms with Gasteiger partial charge in [-0.3, -0.25) is 9.59 Å². The van der Waals surface area contributed by atoms with Gasteiger partial charge in [0.2, 0.25) is 0 Å². The smallest absolute Gasteiger partial charge is 0.320 e. The molecule has 0 aliphatic carbocycles. The first kappa shape index (κ1) is 21.4. The Hall–Kier alpha value is -3.33. The molecule has 0 saturated carbocycles. The van der Waals surface area contributed by atoms with Gasteiger partial charge in [0, 0.05) is 6.20 Å². The van der Waals surface area contributed by atoms with Crippen LogP contribution in [-0.4, -0.2) is 15.5 Å². The Kier molecular flexibility index (Phi) is 5.58. The molecule has 0 fully saturated rings. The lowest BCUT2D eigenvalue weighted by atomic mass is 10.1. The topological polar surface area (TPSA) is 84.0 Å². The van der Waals surface area contributed by atoms with E-state index < -0.39 is 34.5 Å². The van der Waals surface area contributed by atoms with E-state index in [9.17, 15) is 27.6 Å². The number of amides is 1. The Balaban J connectivity index is 2.03. The molecule has 0 unspecified atom stereocenters. The highest BCUT2D eigenvalue weighted by molar-refractivity contribution is 6.34. The molecule has 3 aromatic rings. The number of H-pyrrole nitrogens is 1. The second kappa shape index (κ2) is 7.83. The van der Waals surface area contributed by atoms with Crippen LogP contribution in [0.5, 0.6) is 0 Å². The van der Waals surface area contributed by atoms with Crippen LogP contribution in [0, 0.1) is 13.8 Å². The van der Waals surface area contributed by atoms with E-state index in [0.29, 0.717) is 6.07 Å². The van der Waals surface area contributed by atoms with Crippen LogP contribution in [0.4, 0.5) is 18.9 Å². The molecule has 1 aromatic heterocycles. The molecular weight excluding hydrogens is 423 g/mol. The summed E-state index contributed by atoms with van der Waals surface area (Å²) in [5.74, 6) is -1.02. The van der Waals surface area contributed by atoms with Crippen LogP contribution in [0.1, 0.15) is 27.0 Å². The third-order valence-electron chi connectivity index (χ3n) is 4.51. The van der Waals surface area contributed by atoms with Crippen LogP contribution < -0.4 is 16.6 Å². The molecule has 30 heavy (non-hydrogen) atoms. The maximum atomic E-state index is 12.9. The van der Waals surface area contributed by atoms with E-state index in [-0.39, 0.29) is 16.4 Å². The number of halogens is 4. The third kappa shape index (κ3) is 4.16. The predicted octanol–water partition coefficient (Wildman–Crippen LogP) is 4.07. The normalized spacial score (nSPS) is 11.4. The van der Waals surface area contributed by atoms with E-state index in [0.717, 1.165) is 34.0 Å². The number of carbonyl (C=O) groups excluding carboxylic acids is 1. The van der Waals surface area contributed by atoms with Crippen LogP contribution in [0.15, 0.2) is 52.2 Å². The largest absolute Gasteiger partial charge is 0.416 e. The zero-order chi connectivity index (χ0) is 22.2. The lowest BCUT2D eigenvalue weighted by molar-refractivity contribution is -0.137. The summed E-state index contributed by atoms with van der Waals surface area (Å²) >= 11 is 5.88. The van der Waals surface area contributed by atoms with E-state index in [1.807, 2.05) is 6.92 Å². The summed E-state index contributed by atoms with van der Waals surface area (Å²) in [7, 11) is 0. The van der Waals surface area contributed by atoms with Gasteiger partial charge in [0.25, 0.3) is 11.5 Å². The van der Waals surface area contributed by atoms with Crippen molar-refractivity contribution in [3.8, 4) is 5.69 Å². The maximum absolute atomic E-state index is 12.9. The minimum Gasteiger partial charge on any atom is -0.320 e. The van der Waals surface area contributed by atoms with E-state index in [2.05, 4.69) is 10.3 Å². The van der Waals surface area contributed by atoms with Gasteiger partial charge in [-0.05, 0) is 55.3 Å². The van der Waals surface area contributed by atoms with E-state index in [4.69, 9.17) is 11.6 Å². The van der Waals surface area contributed by atoms with Crippen molar-refractivity contribution in [2.24, 2.45) is 0 Å². The highest BCUT2D eigenvalue weighted by Crippen LogP contribution is 2.33. The zero-order valence-corrected chi connectivity index (χ0v) is 16.5. The molecule has 0 spiro atoms. The van der Waals surface area contributed by atoms with Crippen molar-refractivity contribution in [1.82, 2.24) is 9.55 Å². The maximum Gasteiger partial charge on any atom is 0.416 e. The monoisotopic (exact) mass is 437 g/mol. The van der Waals surface area contributed by atoms with Crippen LogP contribution in [0.25, 0.3) is 5.69 Å². The highest BCUT2D eigenvalue weighted by Gasteiger charge is 2.31. The minimum atomic E-state index is -4.64. The highest BCUT2D eigenvalue weighted by atomic mass is 35.5. The van der Waals surface area contributed by atoms with Crippen molar-refractivity contribution in [2.45, 2.75) is 20.0 Å². The Morgan fingerprint density at radius 2 is 1.77 bits per heavy atom. The van der Waals surface area contributed by atoms with Crippen molar-refractivity contribution < 1.29 is 18.0 Å². The molecule has 0 aliphatic heterocycles. The summed E-state index contributed by atoms with van der Waals surface area (Å²) in [6.07, 6.45) is -3.74. The predicted molar refractivity (Wildman–Crippen MR) is 107 cm³/mol. The number of rotatable bonds is 3. The third-order valence-corrected chi connectivity index (χ3v) is 4.84. The molecule has 0 bridgehead atoms. The van der Waals surface area contributed by atoms with Gasteiger partial charge in [0.05, 0.1) is 22.0 Å². The molecular formula is C20H15ClF3N3O3. The second-order valence-electron chi connectivity index (χ2n) is 6.56. The molecule has 2 aromatic carbocycles. The first-order chi connectivity index (χ1) is 14.0. The Morgan fingerprint density at radius 1 is 1.07 bits per heavy atom. The standard InChI is InChI=1S/C20H15ClF3N3O3/c1-10-3-5-13(7-11(10)2)27-18(29)14(9-25-19(27)30)17(28)26-16-8-12(20(22,23)24)4-6-15(16)21/h3-9H,1-2H3,(H,25,30)(H,26,28). The van der Waals surface area contributed by atoms with E-state index >= 15 is 0 Å². The zero-order valence-electron chi connectivity index (χ0n) is 15.7. The van der Waals surface area contributed by atoms with Crippen LogP contribution in [0.2, 0.25) is 5.02 Å². The van der Waals surface area contributed by atoms with Gasteiger partial charge in [-0.15, -0.1) is 0 Å².